The Morgan fingerprint density at radius 1 is 0.957 bits per heavy atom. The lowest BCUT2D eigenvalue weighted by Crippen LogP contribution is -2.36. The van der Waals surface area contributed by atoms with Crippen molar-refractivity contribution in [1.82, 2.24) is 5.32 Å². The molecule has 0 bridgehead atoms. The molecule has 0 aromatic heterocycles. The van der Waals surface area contributed by atoms with Gasteiger partial charge >= 0.3 is 0 Å². The van der Waals surface area contributed by atoms with Crippen molar-refractivity contribution in [3.8, 4) is 0 Å². The first-order valence-electron chi connectivity index (χ1n) is 9.50. The molecular formula is C20H30N2O. The molecule has 0 radical (unpaired) electrons. The highest BCUT2D eigenvalue weighted by molar-refractivity contribution is 5.48. The molecule has 1 saturated heterocycles. The fraction of sp³-hybridized carbons (Fsp3) is 0.700. The van der Waals surface area contributed by atoms with E-state index in [0.29, 0.717) is 6.04 Å². The van der Waals surface area contributed by atoms with E-state index in [2.05, 4.69) is 41.4 Å². The summed E-state index contributed by atoms with van der Waals surface area (Å²) in [6, 6.07) is 10.3. The van der Waals surface area contributed by atoms with Crippen LogP contribution in [0.1, 0.15) is 57.1 Å². The Morgan fingerprint density at radius 2 is 1.52 bits per heavy atom. The molecule has 0 spiro atoms. The highest BCUT2D eigenvalue weighted by atomic mass is 16.3. The van der Waals surface area contributed by atoms with E-state index in [1.165, 1.54) is 36.9 Å². The van der Waals surface area contributed by atoms with E-state index in [9.17, 15) is 5.11 Å². The molecule has 0 amide bonds. The summed E-state index contributed by atoms with van der Waals surface area (Å²) in [4.78, 5) is 2.39. The van der Waals surface area contributed by atoms with E-state index >= 15 is 0 Å². The molecule has 2 N–H and O–H groups in total. The molecule has 2 aliphatic carbocycles. The van der Waals surface area contributed by atoms with E-state index < -0.39 is 0 Å². The third-order valence-electron chi connectivity index (χ3n) is 5.92. The summed E-state index contributed by atoms with van der Waals surface area (Å²) in [5.74, 6) is 1.90. The van der Waals surface area contributed by atoms with Gasteiger partial charge < -0.3 is 15.3 Å². The minimum Gasteiger partial charge on any atom is -0.393 e. The normalized spacial score (nSPS) is 24.2. The third-order valence-corrected chi connectivity index (χ3v) is 5.92. The van der Waals surface area contributed by atoms with E-state index in [1.54, 1.807) is 0 Å². The summed E-state index contributed by atoms with van der Waals surface area (Å²) in [7, 11) is 0. The summed E-state index contributed by atoms with van der Waals surface area (Å²) >= 11 is 0. The lowest BCUT2D eigenvalue weighted by molar-refractivity contribution is 0.145. The fourth-order valence-corrected chi connectivity index (χ4v) is 4.05. The second kappa shape index (κ2) is 6.45. The molecule has 3 aliphatic rings. The zero-order valence-electron chi connectivity index (χ0n) is 14.2. The molecule has 1 unspecified atom stereocenters. The van der Waals surface area contributed by atoms with Crippen LogP contribution >= 0.6 is 0 Å². The summed E-state index contributed by atoms with van der Waals surface area (Å²) in [6.45, 7) is 4.25. The number of hydrogen-bond acceptors (Lipinski definition) is 3. The topological polar surface area (TPSA) is 35.5 Å². The Labute approximate surface area is 140 Å². The van der Waals surface area contributed by atoms with E-state index in [-0.39, 0.29) is 6.10 Å². The smallest absolute Gasteiger partial charge is 0.0574 e. The molecule has 1 aromatic rings. The van der Waals surface area contributed by atoms with Crippen LogP contribution < -0.4 is 10.2 Å². The van der Waals surface area contributed by atoms with Crippen molar-refractivity contribution < 1.29 is 5.11 Å². The molecule has 3 heteroatoms. The highest BCUT2D eigenvalue weighted by Gasteiger charge is 2.41. The van der Waals surface area contributed by atoms with Crippen molar-refractivity contribution >= 4 is 5.69 Å². The third kappa shape index (κ3) is 3.72. The van der Waals surface area contributed by atoms with Crippen molar-refractivity contribution in [2.75, 3.05) is 18.0 Å². The van der Waals surface area contributed by atoms with Gasteiger partial charge in [-0.05, 0) is 75.0 Å². The van der Waals surface area contributed by atoms with Gasteiger partial charge in [-0.15, -0.1) is 0 Å². The van der Waals surface area contributed by atoms with E-state index in [4.69, 9.17) is 0 Å². The van der Waals surface area contributed by atoms with Crippen molar-refractivity contribution in [3.63, 3.8) is 0 Å². The largest absolute Gasteiger partial charge is 0.393 e. The molecule has 1 heterocycles. The summed E-state index contributed by atoms with van der Waals surface area (Å²) in [6.07, 6.45) is 7.41. The van der Waals surface area contributed by atoms with Gasteiger partial charge in [0, 0.05) is 30.9 Å². The first-order valence-corrected chi connectivity index (χ1v) is 9.50. The standard InChI is InChI=1S/C20H30N2O/c1-14(21-20(16-2-3-16)17-4-5-17)15-6-8-18(9-7-15)22-12-10-19(23)11-13-22/h6-9,14,16-17,19-21,23H,2-5,10-13H2,1H3. The van der Waals surface area contributed by atoms with Crippen molar-refractivity contribution in [3.05, 3.63) is 29.8 Å². The molecule has 126 valence electrons. The predicted octanol–water partition coefficient (Wildman–Crippen LogP) is 3.49. The van der Waals surface area contributed by atoms with Crippen LogP contribution in [0.5, 0.6) is 0 Å². The van der Waals surface area contributed by atoms with E-state index in [0.717, 1.165) is 43.8 Å². The number of aliphatic hydroxyl groups is 1. The zero-order valence-corrected chi connectivity index (χ0v) is 14.2. The minimum absolute atomic E-state index is 0.100. The zero-order chi connectivity index (χ0) is 15.8. The molecule has 2 saturated carbocycles. The maximum Gasteiger partial charge on any atom is 0.0574 e. The minimum atomic E-state index is -0.100. The van der Waals surface area contributed by atoms with Gasteiger partial charge in [-0.3, -0.25) is 0 Å². The van der Waals surface area contributed by atoms with Gasteiger partial charge in [0.2, 0.25) is 0 Å². The van der Waals surface area contributed by atoms with Crippen LogP contribution in [0.2, 0.25) is 0 Å². The van der Waals surface area contributed by atoms with Gasteiger partial charge in [-0.1, -0.05) is 12.1 Å². The van der Waals surface area contributed by atoms with E-state index in [1.807, 2.05) is 0 Å². The average Bonchev–Trinajstić information content (AvgIpc) is 3.47. The average molecular weight is 314 g/mol. The Hall–Kier alpha value is -1.06. The van der Waals surface area contributed by atoms with Crippen LogP contribution in [0, 0.1) is 11.8 Å². The molecule has 3 fully saturated rings. The second-order valence-electron chi connectivity index (χ2n) is 7.90. The van der Waals surface area contributed by atoms with Gasteiger partial charge in [0.25, 0.3) is 0 Å². The highest BCUT2D eigenvalue weighted by Crippen LogP contribution is 2.45. The van der Waals surface area contributed by atoms with Crippen molar-refractivity contribution in [2.24, 2.45) is 11.8 Å². The quantitative estimate of drug-likeness (QED) is 0.844. The lowest BCUT2D eigenvalue weighted by atomic mass is 10.0. The van der Waals surface area contributed by atoms with Gasteiger partial charge in [-0.25, -0.2) is 0 Å². The van der Waals surface area contributed by atoms with Crippen LogP contribution in [0.4, 0.5) is 5.69 Å². The van der Waals surface area contributed by atoms with Crippen LogP contribution in [0.3, 0.4) is 0 Å². The monoisotopic (exact) mass is 314 g/mol. The van der Waals surface area contributed by atoms with Crippen LogP contribution in [-0.4, -0.2) is 30.3 Å². The number of benzene rings is 1. The lowest BCUT2D eigenvalue weighted by Gasteiger charge is -2.31. The molecular weight excluding hydrogens is 284 g/mol. The Bertz CT molecular complexity index is 501. The van der Waals surface area contributed by atoms with Gasteiger partial charge in [0.1, 0.15) is 0 Å². The SMILES string of the molecule is CC(NC(C1CC1)C1CC1)c1ccc(N2CCC(O)CC2)cc1. The number of anilines is 1. The summed E-state index contributed by atoms with van der Waals surface area (Å²) < 4.78 is 0. The Morgan fingerprint density at radius 3 is 2.04 bits per heavy atom. The Balaban J connectivity index is 1.37. The first kappa shape index (κ1) is 15.5. The molecule has 3 nitrogen and oxygen atoms in total. The van der Waals surface area contributed by atoms with Gasteiger partial charge in [0.05, 0.1) is 6.10 Å². The number of nitrogens with zero attached hydrogens (tertiary/aromatic N) is 1. The number of hydrogen-bond donors (Lipinski definition) is 2. The predicted molar refractivity (Wildman–Crippen MR) is 94.7 cm³/mol. The van der Waals surface area contributed by atoms with Crippen LogP contribution in [0.25, 0.3) is 0 Å². The fourth-order valence-electron chi connectivity index (χ4n) is 4.05. The first-order chi connectivity index (χ1) is 11.2. The van der Waals surface area contributed by atoms with Crippen molar-refractivity contribution in [1.29, 1.82) is 0 Å². The molecule has 23 heavy (non-hydrogen) atoms. The number of rotatable bonds is 6. The summed E-state index contributed by atoms with van der Waals surface area (Å²) in [5, 5.41) is 13.6. The molecule has 1 aliphatic heterocycles. The molecule has 1 aromatic carbocycles. The Kier molecular flexibility index (Phi) is 4.33. The summed E-state index contributed by atoms with van der Waals surface area (Å²) in [5.41, 5.74) is 2.70. The molecule has 4 rings (SSSR count). The van der Waals surface area contributed by atoms with Crippen LogP contribution in [0.15, 0.2) is 24.3 Å². The maximum atomic E-state index is 9.64. The maximum absolute atomic E-state index is 9.64. The number of piperidine rings is 1. The van der Waals surface area contributed by atoms with Gasteiger partial charge in [-0.2, -0.15) is 0 Å². The molecule has 1 atom stereocenters. The van der Waals surface area contributed by atoms with Crippen molar-refractivity contribution in [2.45, 2.75) is 63.6 Å². The van der Waals surface area contributed by atoms with Gasteiger partial charge in [0.15, 0.2) is 0 Å². The number of aliphatic hydroxyl groups excluding tert-OH is 1. The van der Waals surface area contributed by atoms with Crippen LogP contribution in [-0.2, 0) is 0 Å². The number of nitrogens with one attached hydrogen (secondary N) is 1. The second-order valence-corrected chi connectivity index (χ2v) is 7.90.